The summed E-state index contributed by atoms with van der Waals surface area (Å²) in [6.07, 6.45) is -3.33. The van der Waals surface area contributed by atoms with Gasteiger partial charge in [0.15, 0.2) is 0 Å². The van der Waals surface area contributed by atoms with Crippen molar-refractivity contribution < 1.29 is 17.9 Å². The molecule has 2 aromatic rings. The zero-order valence-electron chi connectivity index (χ0n) is 7.75. The normalized spacial score (nSPS) is 11.8. The summed E-state index contributed by atoms with van der Waals surface area (Å²) in [6, 6.07) is 5.50. The van der Waals surface area contributed by atoms with Gasteiger partial charge in [-0.15, -0.1) is 13.2 Å². The highest BCUT2D eigenvalue weighted by Gasteiger charge is 2.31. The third-order valence-corrected chi connectivity index (χ3v) is 2.06. The Morgan fingerprint density at radius 2 is 1.94 bits per heavy atom. The molecule has 0 atom stereocenters. The molecule has 1 aromatic heterocycles. The van der Waals surface area contributed by atoms with E-state index in [1.54, 1.807) is 6.07 Å². The summed E-state index contributed by atoms with van der Waals surface area (Å²) in [5, 5.41) is 1.08. The summed E-state index contributed by atoms with van der Waals surface area (Å²) in [5.41, 5.74) is 0.395. The quantitative estimate of drug-likeness (QED) is 0.765. The van der Waals surface area contributed by atoms with Gasteiger partial charge in [0.05, 0.1) is 10.5 Å². The summed E-state index contributed by atoms with van der Waals surface area (Å²) in [5.74, 6) is -0.296. The van der Waals surface area contributed by atoms with Crippen LogP contribution in [-0.2, 0) is 0 Å². The molecule has 2 rings (SSSR count). The largest absolute Gasteiger partial charge is 0.573 e. The van der Waals surface area contributed by atoms with Gasteiger partial charge in [0.2, 0.25) is 0 Å². The molecular formula is C10H5ClF3NO. The van der Waals surface area contributed by atoms with E-state index in [-0.39, 0.29) is 5.75 Å². The monoisotopic (exact) mass is 247 g/mol. The van der Waals surface area contributed by atoms with Crippen LogP contribution in [0.1, 0.15) is 0 Å². The number of ether oxygens (including phenoxy) is 1. The lowest BCUT2D eigenvalue weighted by Gasteiger charge is -2.09. The van der Waals surface area contributed by atoms with E-state index in [9.17, 15) is 13.2 Å². The molecule has 0 unspecified atom stereocenters. The molecule has 0 bridgehead atoms. The van der Waals surface area contributed by atoms with Crippen molar-refractivity contribution in [2.45, 2.75) is 6.36 Å². The number of benzene rings is 1. The predicted octanol–water partition coefficient (Wildman–Crippen LogP) is 3.79. The second-order valence-corrected chi connectivity index (χ2v) is 3.49. The maximum atomic E-state index is 11.9. The highest BCUT2D eigenvalue weighted by Crippen LogP contribution is 2.26. The van der Waals surface area contributed by atoms with Crippen LogP contribution in [0.3, 0.4) is 0 Å². The first-order valence-electron chi connectivity index (χ1n) is 4.25. The van der Waals surface area contributed by atoms with Crippen molar-refractivity contribution in [2.75, 3.05) is 0 Å². The van der Waals surface area contributed by atoms with E-state index in [1.165, 1.54) is 24.4 Å². The molecular weight excluding hydrogens is 243 g/mol. The van der Waals surface area contributed by atoms with Gasteiger partial charge in [-0.05, 0) is 18.2 Å². The molecule has 0 aliphatic carbocycles. The lowest BCUT2D eigenvalue weighted by molar-refractivity contribution is -0.274. The van der Waals surface area contributed by atoms with Crippen molar-refractivity contribution >= 4 is 22.5 Å². The maximum Gasteiger partial charge on any atom is 0.573 e. The number of alkyl halides is 3. The van der Waals surface area contributed by atoms with Gasteiger partial charge in [0.25, 0.3) is 0 Å². The molecule has 0 fully saturated rings. The van der Waals surface area contributed by atoms with Crippen LogP contribution >= 0.6 is 11.6 Å². The van der Waals surface area contributed by atoms with Crippen LogP contribution in [0.5, 0.6) is 5.75 Å². The zero-order valence-corrected chi connectivity index (χ0v) is 8.51. The lowest BCUT2D eigenvalue weighted by atomic mass is 10.2. The van der Waals surface area contributed by atoms with Crippen LogP contribution in [0.4, 0.5) is 13.2 Å². The van der Waals surface area contributed by atoms with E-state index >= 15 is 0 Å². The van der Waals surface area contributed by atoms with Gasteiger partial charge in [-0.2, -0.15) is 0 Å². The Bertz CT molecular complexity index is 527. The Labute approximate surface area is 93.6 Å². The van der Waals surface area contributed by atoms with Gasteiger partial charge in [-0.1, -0.05) is 11.6 Å². The smallest absolute Gasteiger partial charge is 0.406 e. The first-order valence-corrected chi connectivity index (χ1v) is 4.63. The molecule has 16 heavy (non-hydrogen) atoms. The van der Waals surface area contributed by atoms with Gasteiger partial charge in [-0.25, -0.2) is 0 Å². The van der Waals surface area contributed by atoms with Crippen molar-refractivity contribution in [2.24, 2.45) is 0 Å². The molecule has 0 amide bonds. The third kappa shape index (κ3) is 2.55. The number of aromatic nitrogens is 1. The number of hydrogen-bond acceptors (Lipinski definition) is 2. The number of nitrogens with zero attached hydrogens (tertiary/aromatic N) is 1. The summed E-state index contributed by atoms with van der Waals surface area (Å²) < 4.78 is 39.6. The molecule has 0 spiro atoms. The Hall–Kier alpha value is -1.49. The van der Waals surface area contributed by atoms with Crippen molar-refractivity contribution in [1.29, 1.82) is 0 Å². The summed E-state index contributed by atoms with van der Waals surface area (Å²) in [4.78, 5) is 3.89. The molecule has 0 N–H and O–H groups in total. The molecule has 0 aliphatic rings. The molecule has 0 saturated carbocycles. The second kappa shape index (κ2) is 3.83. The maximum absolute atomic E-state index is 11.9. The number of halogens is 4. The number of hydrogen-bond donors (Lipinski definition) is 0. The molecule has 1 heterocycles. The van der Waals surface area contributed by atoms with Crippen LogP contribution in [0.15, 0.2) is 30.5 Å². The lowest BCUT2D eigenvalue weighted by Crippen LogP contribution is -2.17. The molecule has 84 valence electrons. The predicted molar refractivity (Wildman–Crippen MR) is 53.4 cm³/mol. The minimum absolute atomic E-state index is 0.296. The third-order valence-electron chi connectivity index (χ3n) is 1.86. The number of rotatable bonds is 1. The van der Waals surface area contributed by atoms with Crippen LogP contribution in [-0.4, -0.2) is 11.3 Å². The van der Waals surface area contributed by atoms with Crippen LogP contribution in [0.2, 0.25) is 5.02 Å². The van der Waals surface area contributed by atoms with Crippen LogP contribution in [0, 0.1) is 0 Å². The molecule has 1 aromatic carbocycles. The fourth-order valence-electron chi connectivity index (χ4n) is 1.27. The minimum Gasteiger partial charge on any atom is -0.406 e. The Balaban J connectivity index is 2.41. The fourth-order valence-corrected chi connectivity index (χ4v) is 1.44. The zero-order chi connectivity index (χ0) is 11.8. The number of fused-ring (bicyclic) bond motifs is 1. The highest BCUT2D eigenvalue weighted by atomic mass is 35.5. The standard InChI is InChI=1S/C10H5ClF3NO/c11-7-3-6-1-2-8(16-10(12,13)14)4-9(6)15-5-7/h1-5H. The summed E-state index contributed by atoms with van der Waals surface area (Å²) >= 11 is 5.69. The summed E-state index contributed by atoms with van der Waals surface area (Å²) in [7, 11) is 0. The molecule has 0 saturated heterocycles. The Morgan fingerprint density at radius 3 is 2.62 bits per heavy atom. The topological polar surface area (TPSA) is 22.1 Å². The average molecular weight is 248 g/mol. The molecule has 2 nitrogen and oxygen atoms in total. The number of pyridine rings is 1. The van der Waals surface area contributed by atoms with Crippen molar-refractivity contribution in [3.63, 3.8) is 0 Å². The average Bonchev–Trinajstić information content (AvgIpc) is 2.16. The first-order chi connectivity index (χ1) is 7.44. The van der Waals surface area contributed by atoms with Gasteiger partial charge in [-0.3, -0.25) is 4.98 Å². The molecule has 0 aliphatic heterocycles. The van der Waals surface area contributed by atoms with Crippen molar-refractivity contribution in [3.8, 4) is 5.75 Å². The van der Waals surface area contributed by atoms with E-state index in [2.05, 4.69) is 9.72 Å². The van der Waals surface area contributed by atoms with Gasteiger partial charge in [0.1, 0.15) is 5.75 Å². The Kier molecular flexibility index (Phi) is 2.63. The van der Waals surface area contributed by atoms with E-state index < -0.39 is 6.36 Å². The highest BCUT2D eigenvalue weighted by molar-refractivity contribution is 6.31. The van der Waals surface area contributed by atoms with E-state index in [0.29, 0.717) is 15.9 Å². The van der Waals surface area contributed by atoms with Crippen molar-refractivity contribution in [1.82, 2.24) is 4.98 Å². The van der Waals surface area contributed by atoms with Crippen LogP contribution < -0.4 is 4.74 Å². The SMILES string of the molecule is FC(F)(F)Oc1ccc2cc(Cl)cnc2c1. The van der Waals surface area contributed by atoms with Crippen molar-refractivity contribution in [3.05, 3.63) is 35.5 Å². The van der Waals surface area contributed by atoms with Crippen LogP contribution in [0.25, 0.3) is 10.9 Å². The summed E-state index contributed by atoms with van der Waals surface area (Å²) in [6.45, 7) is 0. The van der Waals surface area contributed by atoms with E-state index in [1.807, 2.05) is 0 Å². The first kappa shape index (κ1) is 11.0. The minimum atomic E-state index is -4.69. The van der Waals surface area contributed by atoms with Gasteiger partial charge >= 0.3 is 6.36 Å². The molecule has 0 radical (unpaired) electrons. The van der Waals surface area contributed by atoms with E-state index in [0.717, 1.165) is 0 Å². The fraction of sp³-hybridized carbons (Fsp3) is 0.100. The Morgan fingerprint density at radius 1 is 1.19 bits per heavy atom. The van der Waals surface area contributed by atoms with Gasteiger partial charge < -0.3 is 4.74 Å². The second-order valence-electron chi connectivity index (χ2n) is 3.06. The molecule has 6 heteroatoms. The van der Waals surface area contributed by atoms with Gasteiger partial charge in [0, 0.05) is 17.6 Å². The van der Waals surface area contributed by atoms with E-state index in [4.69, 9.17) is 11.6 Å².